The fraction of sp³-hybridized carbons (Fsp3) is 0.235. The molecule has 0 aliphatic rings. The quantitative estimate of drug-likeness (QED) is 0.603. The number of hydrogen-bond acceptors (Lipinski definition) is 6. The number of rotatable bonds is 9. The van der Waals surface area contributed by atoms with Crippen molar-refractivity contribution in [2.24, 2.45) is 0 Å². The standard InChI is InChI=1S/C17H17F2NO7S/c1-25-6-7-27-15-9-13(10(17(21)22)8-14(15)26-2)20-28(23,24)16-11(18)4-3-5-12(16)19/h3-5,8-9,20H,6-7H2,1-2H3,(H,21,22). The summed E-state index contributed by atoms with van der Waals surface area (Å²) in [5.41, 5.74) is -0.959. The number of methoxy groups -OCH3 is 2. The number of hydrogen-bond donors (Lipinski definition) is 2. The van der Waals surface area contributed by atoms with Gasteiger partial charge in [-0.1, -0.05) is 6.07 Å². The van der Waals surface area contributed by atoms with E-state index in [1.54, 1.807) is 0 Å². The zero-order valence-electron chi connectivity index (χ0n) is 14.9. The fourth-order valence-corrected chi connectivity index (χ4v) is 3.47. The first-order valence-corrected chi connectivity index (χ1v) is 9.23. The molecule has 28 heavy (non-hydrogen) atoms. The van der Waals surface area contributed by atoms with E-state index in [9.17, 15) is 27.1 Å². The highest BCUT2D eigenvalue weighted by Gasteiger charge is 2.27. The topological polar surface area (TPSA) is 111 Å². The summed E-state index contributed by atoms with van der Waals surface area (Å²) >= 11 is 0. The van der Waals surface area contributed by atoms with Crippen molar-refractivity contribution in [3.8, 4) is 11.5 Å². The maximum absolute atomic E-state index is 13.9. The van der Waals surface area contributed by atoms with E-state index in [0.29, 0.717) is 0 Å². The van der Waals surface area contributed by atoms with Crippen LogP contribution in [0.5, 0.6) is 11.5 Å². The molecule has 0 heterocycles. The molecule has 0 aromatic heterocycles. The first-order valence-electron chi connectivity index (χ1n) is 7.75. The average Bonchev–Trinajstić information content (AvgIpc) is 2.61. The third-order valence-corrected chi connectivity index (χ3v) is 4.93. The molecule has 0 aliphatic carbocycles. The average molecular weight is 417 g/mol. The Labute approximate surface area is 159 Å². The SMILES string of the molecule is COCCOc1cc(NS(=O)(=O)c2c(F)cccc2F)c(C(=O)O)cc1OC. The summed E-state index contributed by atoms with van der Waals surface area (Å²) in [7, 11) is -2.07. The van der Waals surface area contributed by atoms with Gasteiger partial charge < -0.3 is 19.3 Å². The second-order valence-corrected chi connectivity index (χ2v) is 6.97. The van der Waals surface area contributed by atoms with E-state index < -0.39 is 43.8 Å². The number of ether oxygens (including phenoxy) is 3. The van der Waals surface area contributed by atoms with Gasteiger partial charge in [0.15, 0.2) is 16.4 Å². The van der Waals surface area contributed by atoms with Crippen LogP contribution in [0.1, 0.15) is 10.4 Å². The normalized spacial score (nSPS) is 11.1. The molecule has 0 radical (unpaired) electrons. The Morgan fingerprint density at radius 2 is 1.75 bits per heavy atom. The summed E-state index contributed by atoms with van der Waals surface area (Å²) in [6, 6.07) is 4.61. The molecule has 11 heteroatoms. The first-order chi connectivity index (χ1) is 13.2. The molecule has 2 N–H and O–H groups in total. The van der Waals surface area contributed by atoms with E-state index in [2.05, 4.69) is 0 Å². The minimum Gasteiger partial charge on any atom is -0.493 e. The first kappa shape index (κ1) is 21.4. The maximum atomic E-state index is 13.9. The van der Waals surface area contributed by atoms with Crippen LogP contribution in [0.4, 0.5) is 14.5 Å². The second-order valence-electron chi connectivity index (χ2n) is 5.35. The predicted molar refractivity (Wildman–Crippen MR) is 94.5 cm³/mol. The molecule has 0 spiro atoms. The molecule has 0 amide bonds. The van der Waals surface area contributed by atoms with Gasteiger partial charge >= 0.3 is 5.97 Å². The molecule has 2 aromatic carbocycles. The molecule has 0 saturated heterocycles. The number of sulfonamides is 1. The third kappa shape index (κ3) is 4.67. The van der Waals surface area contributed by atoms with Crippen LogP contribution in [-0.2, 0) is 14.8 Å². The predicted octanol–water partition coefficient (Wildman–Crippen LogP) is 2.50. The Hall–Kier alpha value is -2.92. The molecule has 0 atom stereocenters. The zero-order chi connectivity index (χ0) is 20.9. The molecule has 0 aliphatic heterocycles. The molecule has 0 saturated carbocycles. The highest BCUT2D eigenvalue weighted by Crippen LogP contribution is 2.35. The molecule has 152 valence electrons. The zero-order valence-corrected chi connectivity index (χ0v) is 15.7. The van der Waals surface area contributed by atoms with Crippen LogP contribution in [-0.4, -0.2) is 46.9 Å². The van der Waals surface area contributed by atoms with Crippen LogP contribution in [0.25, 0.3) is 0 Å². The Kier molecular flexibility index (Phi) is 6.75. The summed E-state index contributed by atoms with van der Waals surface area (Å²) in [4.78, 5) is 10.3. The largest absolute Gasteiger partial charge is 0.493 e. The van der Waals surface area contributed by atoms with Crippen molar-refractivity contribution in [1.29, 1.82) is 0 Å². The number of anilines is 1. The maximum Gasteiger partial charge on any atom is 0.337 e. The number of halogens is 2. The van der Waals surface area contributed by atoms with Gasteiger partial charge in [-0.3, -0.25) is 4.72 Å². The summed E-state index contributed by atoms with van der Waals surface area (Å²) in [6.07, 6.45) is 0. The highest BCUT2D eigenvalue weighted by molar-refractivity contribution is 7.92. The number of carbonyl (C=O) groups is 1. The van der Waals surface area contributed by atoms with Crippen LogP contribution in [0.2, 0.25) is 0 Å². The van der Waals surface area contributed by atoms with Gasteiger partial charge in [-0.05, 0) is 12.1 Å². The third-order valence-electron chi connectivity index (χ3n) is 3.51. The number of benzene rings is 2. The van der Waals surface area contributed by atoms with Gasteiger partial charge in [-0.15, -0.1) is 0 Å². The van der Waals surface area contributed by atoms with Gasteiger partial charge in [-0.2, -0.15) is 0 Å². The van der Waals surface area contributed by atoms with Gasteiger partial charge in [0.2, 0.25) is 0 Å². The van der Waals surface area contributed by atoms with E-state index >= 15 is 0 Å². The number of carboxylic acid groups (broad SMARTS) is 1. The van der Waals surface area contributed by atoms with Crippen LogP contribution >= 0.6 is 0 Å². The Morgan fingerprint density at radius 1 is 1.11 bits per heavy atom. The molecule has 8 nitrogen and oxygen atoms in total. The summed E-state index contributed by atoms with van der Waals surface area (Å²) < 4.78 is 69.9. The van der Waals surface area contributed by atoms with Crippen molar-refractivity contribution in [3.05, 3.63) is 47.5 Å². The highest BCUT2D eigenvalue weighted by atomic mass is 32.2. The Balaban J connectivity index is 2.53. The van der Waals surface area contributed by atoms with E-state index in [0.717, 1.165) is 30.3 Å². The van der Waals surface area contributed by atoms with Gasteiger partial charge in [-0.25, -0.2) is 22.0 Å². The van der Waals surface area contributed by atoms with Crippen molar-refractivity contribution in [1.82, 2.24) is 0 Å². The van der Waals surface area contributed by atoms with Gasteiger partial charge in [0.1, 0.15) is 18.2 Å². The van der Waals surface area contributed by atoms with E-state index in [1.165, 1.54) is 14.2 Å². The van der Waals surface area contributed by atoms with E-state index in [1.807, 2.05) is 4.72 Å². The van der Waals surface area contributed by atoms with E-state index in [-0.39, 0.29) is 24.7 Å². The second kappa shape index (κ2) is 8.85. The number of aromatic carboxylic acids is 1. The van der Waals surface area contributed by atoms with Crippen LogP contribution in [0.15, 0.2) is 35.2 Å². The summed E-state index contributed by atoms with van der Waals surface area (Å²) in [6.45, 7) is 0.263. The van der Waals surface area contributed by atoms with Gasteiger partial charge in [0.05, 0.1) is 25.0 Å². The van der Waals surface area contributed by atoms with Crippen molar-refractivity contribution >= 4 is 21.7 Å². The summed E-state index contributed by atoms with van der Waals surface area (Å²) in [5, 5.41) is 9.37. The van der Waals surface area contributed by atoms with E-state index in [4.69, 9.17) is 14.2 Å². The number of carboxylic acids is 1. The molecular formula is C17H17F2NO7S. The monoisotopic (exact) mass is 417 g/mol. The van der Waals surface area contributed by atoms with Crippen molar-refractivity contribution in [2.75, 3.05) is 32.2 Å². The fourth-order valence-electron chi connectivity index (χ4n) is 2.26. The minimum absolute atomic E-state index is 0.0104. The van der Waals surface area contributed by atoms with Gasteiger partial charge in [0, 0.05) is 19.2 Å². The Bertz CT molecular complexity index is 959. The lowest BCUT2D eigenvalue weighted by Crippen LogP contribution is -2.18. The Morgan fingerprint density at radius 3 is 2.29 bits per heavy atom. The number of nitrogens with one attached hydrogen (secondary N) is 1. The van der Waals surface area contributed by atoms with Crippen molar-refractivity contribution in [2.45, 2.75) is 4.90 Å². The lowest BCUT2D eigenvalue weighted by Gasteiger charge is -2.16. The van der Waals surface area contributed by atoms with Crippen LogP contribution < -0.4 is 14.2 Å². The van der Waals surface area contributed by atoms with Crippen molar-refractivity contribution < 1.29 is 41.3 Å². The lowest BCUT2D eigenvalue weighted by atomic mass is 10.1. The van der Waals surface area contributed by atoms with Crippen LogP contribution in [0, 0.1) is 11.6 Å². The molecular weight excluding hydrogens is 400 g/mol. The summed E-state index contributed by atoms with van der Waals surface area (Å²) in [5.74, 6) is -4.11. The smallest absolute Gasteiger partial charge is 0.337 e. The molecule has 0 fully saturated rings. The van der Waals surface area contributed by atoms with Gasteiger partial charge in [0.25, 0.3) is 10.0 Å². The lowest BCUT2D eigenvalue weighted by molar-refractivity contribution is 0.0697. The van der Waals surface area contributed by atoms with Crippen molar-refractivity contribution in [3.63, 3.8) is 0 Å². The van der Waals surface area contributed by atoms with Crippen LogP contribution in [0.3, 0.4) is 0 Å². The molecule has 2 rings (SSSR count). The molecule has 2 aromatic rings. The minimum atomic E-state index is -4.78. The molecule has 0 bridgehead atoms. The molecule has 0 unspecified atom stereocenters.